The Kier molecular flexibility index (Phi) is 3.31. The van der Waals surface area contributed by atoms with Gasteiger partial charge >= 0.3 is 0 Å². The van der Waals surface area contributed by atoms with E-state index in [1.54, 1.807) is 0 Å². The average Bonchev–Trinajstić information content (AvgIpc) is 2.09. The van der Waals surface area contributed by atoms with Gasteiger partial charge in [0.15, 0.2) is 0 Å². The van der Waals surface area contributed by atoms with E-state index in [9.17, 15) is 5.11 Å². The molecule has 0 bridgehead atoms. The Morgan fingerprint density at radius 2 is 1.92 bits per heavy atom. The minimum absolute atomic E-state index is 0.150. The van der Waals surface area contributed by atoms with E-state index in [2.05, 4.69) is 10.4 Å². The molecule has 0 aliphatic heterocycles. The SMILES string of the molecule is NNC(N)=NC1CCC(O)CC1. The lowest BCUT2D eigenvalue weighted by Crippen LogP contribution is -2.38. The first-order valence-electron chi connectivity index (χ1n) is 4.20. The summed E-state index contributed by atoms with van der Waals surface area (Å²) in [6, 6.07) is 0.226. The van der Waals surface area contributed by atoms with E-state index >= 15 is 0 Å². The van der Waals surface area contributed by atoms with Gasteiger partial charge in [0.2, 0.25) is 5.96 Å². The number of nitrogens with one attached hydrogen (secondary N) is 1. The van der Waals surface area contributed by atoms with Crippen LogP contribution in [0.2, 0.25) is 0 Å². The Balaban J connectivity index is 2.35. The van der Waals surface area contributed by atoms with Gasteiger partial charge in [0, 0.05) is 0 Å². The molecule has 0 aromatic carbocycles. The van der Waals surface area contributed by atoms with Crippen LogP contribution in [0.3, 0.4) is 0 Å². The van der Waals surface area contributed by atoms with Crippen LogP contribution < -0.4 is 17.0 Å². The molecule has 0 aromatic heterocycles. The number of hydrazine groups is 1. The molecule has 0 spiro atoms. The molecule has 5 heteroatoms. The molecule has 0 heterocycles. The molecule has 0 saturated heterocycles. The largest absolute Gasteiger partial charge is 0.393 e. The molecule has 0 amide bonds. The van der Waals surface area contributed by atoms with Crippen molar-refractivity contribution in [3.63, 3.8) is 0 Å². The van der Waals surface area contributed by atoms with E-state index in [-0.39, 0.29) is 18.1 Å². The van der Waals surface area contributed by atoms with Crippen LogP contribution in [0.1, 0.15) is 25.7 Å². The summed E-state index contributed by atoms with van der Waals surface area (Å²) in [6.45, 7) is 0. The van der Waals surface area contributed by atoms with Crippen molar-refractivity contribution < 1.29 is 5.11 Å². The molecule has 0 unspecified atom stereocenters. The zero-order chi connectivity index (χ0) is 8.97. The van der Waals surface area contributed by atoms with Gasteiger partial charge in [-0.1, -0.05) is 0 Å². The molecule has 70 valence electrons. The van der Waals surface area contributed by atoms with Gasteiger partial charge in [-0.15, -0.1) is 0 Å². The second-order valence-electron chi connectivity index (χ2n) is 3.12. The first kappa shape index (κ1) is 9.28. The average molecular weight is 172 g/mol. The first-order valence-corrected chi connectivity index (χ1v) is 4.20. The van der Waals surface area contributed by atoms with Gasteiger partial charge in [-0.3, -0.25) is 5.43 Å². The van der Waals surface area contributed by atoms with E-state index in [4.69, 9.17) is 11.6 Å². The highest BCUT2D eigenvalue weighted by Crippen LogP contribution is 2.20. The zero-order valence-corrected chi connectivity index (χ0v) is 7.03. The van der Waals surface area contributed by atoms with Crippen molar-refractivity contribution in [2.45, 2.75) is 37.8 Å². The van der Waals surface area contributed by atoms with Crippen molar-refractivity contribution in [2.24, 2.45) is 16.6 Å². The van der Waals surface area contributed by atoms with Crippen LogP contribution >= 0.6 is 0 Å². The summed E-state index contributed by atoms with van der Waals surface area (Å²) in [7, 11) is 0. The van der Waals surface area contributed by atoms with Crippen LogP contribution in [-0.2, 0) is 0 Å². The maximum Gasteiger partial charge on any atom is 0.203 e. The van der Waals surface area contributed by atoms with Gasteiger partial charge in [0.05, 0.1) is 12.1 Å². The Hall–Kier alpha value is -0.810. The Morgan fingerprint density at radius 1 is 1.33 bits per heavy atom. The molecule has 5 nitrogen and oxygen atoms in total. The highest BCUT2D eigenvalue weighted by molar-refractivity contribution is 5.77. The summed E-state index contributed by atoms with van der Waals surface area (Å²) >= 11 is 0. The normalized spacial score (nSPS) is 31.7. The lowest BCUT2D eigenvalue weighted by atomic mass is 9.94. The molecule has 1 aliphatic carbocycles. The third kappa shape index (κ3) is 2.67. The standard InChI is InChI=1S/C7H16N4O/c8-7(11-9)10-5-1-3-6(12)4-2-5/h5-6,12H,1-4,9H2,(H3,8,10,11). The molecular weight excluding hydrogens is 156 g/mol. The Morgan fingerprint density at radius 3 is 2.42 bits per heavy atom. The summed E-state index contributed by atoms with van der Waals surface area (Å²) in [5, 5.41) is 9.20. The fourth-order valence-electron chi connectivity index (χ4n) is 1.42. The number of nitrogens with zero attached hydrogens (tertiary/aromatic N) is 1. The number of hydrogen-bond donors (Lipinski definition) is 4. The Labute approximate surface area is 71.8 Å². The second-order valence-corrected chi connectivity index (χ2v) is 3.12. The smallest absolute Gasteiger partial charge is 0.203 e. The van der Waals surface area contributed by atoms with Gasteiger partial charge in [-0.05, 0) is 25.7 Å². The van der Waals surface area contributed by atoms with E-state index in [0.29, 0.717) is 0 Å². The van der Waals surface area contributed by atoms with Crippen molar-refractivity contribution >= 4 is 5.96 Å². The summed E-state index contributed by atoms with van der Waals surface area (Å²) in [5.74, 6) is 5.34. The second kappa shape index (κ2) is 4.27. The van der Waals surface area contributed by atoms with Crippen LogP contribution in [0.5, 0.6) is 0 Å². The predicted molar refractivity (Wildman–Crippen MR) is 47.2 cm³/mol. The third-order valence-corrected chi connectivity index (χ3v) is 2.14. The zero-order valence-electron chi connectivity index (χ0n) is 7.03. The first-order chi connectivity index (χ1) is 5.72. The lowest BCUT2D eigenvalue weighted by molar-refractivity contribution is 0.123. The number of hydrogen-bond acceptors (Lipinski definition) is 3. The van der Waals surface area contributed by atoms with Crippen molar-refractivity contribution in [1.29, 1.82) is 0 Å². The van der Waals surface area contributed by atoms with Crippen LogP contribution in [-0.4, -0.2) is 23.2 Å². The molecular formula is C7H16N4O. The fourth-order valence-corrected chi connectivity index (χ4v) is 1.42. The number of aliphatic hydroxyl groups is 1. The molecule has 1 saturated carbocycles. The highest BCUT2D eigenvalue weighted by atomic mass is 16.3. The molecule has 1 fully saturated rings. The molecule has 12 heavy (non-hydrogen) atoms. The maximum absolute atomic E-state index is 9.20. The molecule has 1 aliphatic rings. The minimum Gasteiger partial charge on any atom is -0.393 e. The van der Waals surface area contributed by atoms with Crippen LogP contribution in [0.4, 0.5) is 0 Å². The van der Waals surface area contributed by atoms with Gasteiger partial charge < -0.3 is 10.8 Å². The minimum atomic E-state index is -0.150. The van der Waals surface area contributed by atoms with Gasteiger partial charge in [-0.25, -0.2) is 10.8 Å². The molecule has 6 N–H and O–H groups in total. The van der Waals surface area contributed by atoms with Crippen molar-refractivity contribution in [3.8, 4) is 0 Å². The van der Waals surface area contributed by atoms with Crippen LogP contribution in [0.25, 0.3) is 0 Å². The maximum atomic E-state index is 9.20. The molecule has 1 rings (SSSR count). The fraction of sp³-hybridized carbons (Fsp3) is 0.857. The molecule has 0 atom stereocenters. The monoisotopic (exact) mass is 172 g/mol. The van der Waals surface area contributed by atoms with Gasteiger partial charge in [0.1, 0.15) is 0 Å². The van der Waals surface area contributed by atoms with Crippen molar-refractivity contribution in [1.82, 2.24) is 5.43 Å². The number of aliphatic imine (C=N–C) groups is 1. The van der Waals surface area contributed by atoms with E-state index in [1.165, 1.54) is 0 Å². The van der Waals surface area contributed by atoms with E-state index in [0.717, 1.165) is 25.7 Å². The highest BCUT2D eigenvalue weighted by Gasteiger charge is 2.18. The Bertz CT molecular complexity index is 163. The van der Waals surface area contributed by atoms with Crippen molar-refractivity contribution in [2.75, 3.05) is 0 Å². The van der Waals surface area contributed by atoms with Crippen molar-refractivity contribution in [3.05, 3.63) is 0 Å². The summed E-state index contributed by atoms with van der Waals surface area (Å²) in [6.07, 6.45) is 3.26. The number of aliphatic hydroxyl groups excluding tert-OH is 1. The third-order valence-electron chi connectivity index (χ3n) is 2.14. The van der Waals surface area contributed by atoms with Crippen LogP contribution in [0, 0.1) is 0 Å². The summed E-state index contributed by atoms with van der Waals surface area (Å²) in [4.78, 5) is 4.14. The van der Waals surface area contributed by atoms with Gasteiger partial charge in [-0.2, -0.15) is 0 Å². The topological polar surface area (TPSA) is 96.7 Å². The molecule has 0 radical (unpaired) electrons. The predicted octanol–water partition coefficient (Wildman–Crippen LogP) is -0.932. The van der Waals surface area contributed by atoms with E-state index < -0.39 is 0 Å². The number of rotatable bonds is 1. The summed E-state index contributed by atoms with van der Waals surface area (Å²) < 4.78 is 0. The lowest BCUT2D eigenvalue weighted by Gasteiger charge is -2.22. The molecule has 0 aromatic rings. The number of nitrogens with two attached hydrogens (primary N) is 2. The summed E-state index contributed by atoms with van der Waals surface area (Å²) in [5.41, 5.74) is 7.68. The van der Waals surface area contributed by atoms with Crippen LogP contribution in [0.15, 0.2) is 4.99 Å². The van der Waals surface area contributed by atoms with E-state index in [1.807, 2.05) is 0 Å². The quantitative estimate of drug-likeness (QED) is 0.178. The number of guanidine groups is 1. The van der Waals surface area contributed by atoms with Gasteiger partial charge in [0.25, 0.3) is 0 Å².